The molecule has 82 heavy (non-hydrogen) atoms. The summed E-state index contributed by atoms with van der Waals surface area (Å²) < 4.78 is 12.6. The SMILES string of the molecule is Cc1ncsc1-c1ccc([C@H](C)NC(=O)[C@@H]2C[C@@H](O)CN2C(=O)[C@@H](c2cc(N3CCC(CN4CCC5(CC4)CC(N4CCOC6(CN(CC7C8CCC7CN(c7cc(-c9ccccc9O)nnc7N)C8)C6)C4)C5)CC3)no2)C(C)C)cc1. The molecule has 3 aromatic heterocycles. The quantitative estimate of drug-likeness (QED) is 0.0804. The largest absolute Gasteiger partial charge is 0.507 e. The number of amides is 2. The Kier molecular flexibility index (Phi) is 15.4. The number of aromatic nitrogens is 4. The summed E-state index contributed by atoms with van der Waals surface area (Å²) in [5, 5.41) is 37.6. The van der Waals surface area contributed by atoms with Crippen LogP contribution in [0.5, 0.6) is 5.75 Å². The van der Waals surface area contributed by atoms with Crippen molar-refractivity contribution in [3.8, 4) is 27.4 Å². The van der Waals surface area contributed by atoms with Gasteiger partial charge in [-0.2, -0.15) is 0 Å². The molecular weight excluding hydrogens is 1050 g/mol. The fourth-order valence-corrected chi connectivity index (χ4v) is 16.9. The second-order valence-corrected chi connectivity index (χ2v) is 27.3. The van der Waals surface area contributed by atoms with Gasteiger partial charge in [-0.25, -0.2) is 4.98 Å². The van der Waals surface area contributed by atoms with Gasteiger partial charge in [-0.3, -0.25) is 19.4 Å². The molecule has 438 valence electrons. The number of rotatable bonds is 15. The smallest absolute Gasteiger partial charge is 0.243 e. The van der Waals surface area contributed by atoms with E-state index in [0.717, 1.165) is 118 Å². The number of hydrogen-bond donors (Lipinski definition) is 4. The Morgan fingerprint density at radius 1 is 0.866 bits per heavy atom. The number of benzene rings is 2. The highest BCUT2D eigenvalue weighted by atomic mass is 32.1. The Morgan fingerprint density at radius 2 is 1.61 bits per heavy atom. The van der Waals surface area contributed by atoms with Gasteiger partial charge in [0.15, 0.2) is 17.4 Å². The average molecular weight is 1140 g/mol. The van der Waals surface area contributed by atoms with E-state index in [1.807, 2.05) is 75.7 Å². The zero-order valence-corrected chi connectivity index (χ0v) is 49.2. The van der Waals surface area contributed by atoms with E-state index in [2.05, 4.69) is 62.3 Å². The topological polar surface area (TPSA) is 206 Å². The van der Waals surface area contributed by atoms with Crippen molar-refractivity contribution in [2.75, 3.05) is 107 Å². The summed E-state index contributed by atoms with van der Waals surface area (Å²) in [6, 6.07) is 19.0. The third-order valence-electron chi connectivity index (χ3n) is 20.7. The number of thiazole rings is 1. The number of aliphatic hydroxyl groups is 1. The maximum absolute atomic E-state index is 14.4. The fourth-order valence-electron chi connectivity index (χ4n) is 16.1. The van der Waals surface area contributed by atoms with Gasteiger partial charge in [0.25, 0.3) is 0 Å². The van der Waals surface area contributed by atoms with Crippen molar-refractivity contribution >= 4 is 40.5 Å². The molecule has 6 saturated heterocycles. The molecule has 8 aliphatic rings. The van der Waals surface area contributed by atoms with E-state index in [1.54, 1.807) is 22.3 Å². The number of β-amino-alcohol motifs (C(OH)–C–C–N with tert-alkyl or cyclic N) is 1. The lowest BCUT2D eigenvalue weighted by Crippen LogP contribution is -2.72. The van der Waals surface area contributed by atoms with Crippen LogP contribution in [-0.4, -0.2) is 177 Å². The van der Waals surface area contributed by atoms with Gasteiger partial charge in [0.1, 0.15) is 23.3 Å². The Hall–Kier alpha value is -5.70. The zero-order valence-electron chi connectivity index (χ0n) is 48.4. The number of morpholine rings is 1. The lowest BCUT2D eigenvalue weighted by Gasteiger charge is -2.60. The molecule has 18 nitrogen and oxygen atoms in total. The van der Waals surface area contributed by atoms with Gasteiger partial charge in [-0.1, -0.05) is 55.4 Å². The number of fused-ring (bicyclic) bond motifs is 2. The van der Waals surface area contributed by atoms with Crippen LogP contribution >= 0.6 is 11.3 Å². The minimum absolute atomic E-state index is 0.0251. The first kappa shape index (κ1) is 55.5. The molecule has 2 saturated carbocycles. The Balaban J connectivity index is 0.536. The molecule has 0 radical (unpaired) electrons. The molecule has 8 fully saturated rings. The molecular formula is C63H84N12O6S. The molecule has 6 aliphatic heterocycles. The number of phenolic OH excluding ortho intramolecular Hbond substituents is 1. The monoisotopic (exact) mass is 1140 g/mol. The van der Waals surface area contributed by atoms with Crippen LogP contribution in [0.2, 0.25) is 0 Å². The predicted octanol–water partition coefficient (Wildman–Crippen LogP) is 7.44. The number of ether oxygens (including phenoxy) is 1. The number of piperidine rings is 3. The number of aryl methyl sites for hydroxylation is 1. The number of nitrogen functional groups attached to an aromatic ring is 1. The molecule has 2 unspecified atom stereocenters. The molecule has 13 rings (SSSR count). The highest BCUT2D eigenvalue weighted by Crippen LogP contribution is 2.52. The number of nitrogens with one attached hydrogen (secondary N) is 1. The number of hydrogen-bond acceptors (Lipinski definition) is 17. The summed E-state index contributed by atoms with van der Waals surface area (Å²) in [6.07, 6.45) is 9.35. The van der Waals surface area contributed by atoms with Crippen molar-refractivity contribution in [3.05, 3.63) is 83.2 Å². The van der Waals surface area contributed by atoms with Gasteiger partial charge in [-0.05, 0) is 143 Å². The predicted molar refractivity (Wildman–Crippen MR) is 317 cm³/mol. The molecule has 2 spiro atoms. The van der Waals surface area contributed by atoms with E-state index in [-0.39, 0.29) is 48.1 Å². The Bertz CT molecular complexity index is 3050. The van der Waals surface area contributed by atoms with Gasteiger partial charge in [0.05, 0.1) is 46.2 Å². The molecule has 2 aromatic carbocycles. The van der Waals surface area contributed by atoms with Gasteiger partial charge in [0, 0.05) is 96.1 Å². The molecule has 2 amide bonds. The van der Waals surface area contributed by atoms with Crippen LogP contribution in [-0.2, 0) is 14.3 Å². The number of aromatic hydroxyl groups is 1. The second kappa shape index (κ2) is 22.7. The Morgan fingerprint density at radius 3 is 2.32 bits per heavy atom. The van der Waals surface area contributed by atoms with Crippen LogP contribution in [0.25, 0.3) is 21.7 Å². The third kappa shape index (κ3) is 11.0. The molecule has 9 heterocycles. The summed E-state index contributed by atoms with van der Waals surface area (Å²) >= 11 is 1.61. The summed E-state index contributed by atoms with van der Waals surface area (Å²) in [7, 11) is 0. The molecule has 19 heteroatoms. The van der Waals surface area contributed by atoms with Crippen molar-refractivity contribution < 1.29 is 29.1 Å². The minimum atomic E-state index is -0.792. The first-order chi connectivity index (χ1) is 39.7. The number of carbonyl (C=O) groups is 2. The van der Waals surface area contributed by atoms with E-state index in [1.165, 1.54) is 51.6 Å². The molecule has 5 N–H and O–H groups in total. The highest BCUT2D eigenvalue weighted by molar-refractivity contribution is 7.13. The van der Waals surface area contributed by atoms with Crippen LogP contribution < -0.4 is 20.9 Å². The second-order valence-electron chi connectivity index (χ2n) is 26.5. The standard InChI is InChI=1S/C63H84N12O6S/c1-39(2)57(61(79)75-33-48(76)25-53(75)60(78)66-40(3)43-9-11-44(12-10-43)58-41(4)65-38-82-58)55-27-56(69-81-55)72-19-15-42(16-20-72)30-70-21-17-62(18-22-70)28-47(29-62)73-23-24-80-63(37-73)35-71(36-63)34-50-45-13-14-46(50)32-74(31-45)52-26-51(67-68-59(52)64)49-7-5-6-8-54(49)77/h5-12,26-27,38-40,42,45-48,50,53,57,76-77H,13-25,28-37H2,1-4H3,(H2,64,68)(H,66,78)/t40-,45?,46?,48+,50?,53-,57+/m0/s1. The summed E-state index contributed by atoms with van der Waals surface area (Å²) in [5.41, 5.74) is 14.1. The van der Waals surface area contributed by atoms with Crippen molar-refractivity contribution in [2.24, 2.45) is 35.0 Å². The number of aliphatic hydroxyl groups excluding tert-OH is 1. The third-order valence-corrected chi connectivity index (χ3v) is 21.7. The van der Waals surface area contributed by atoms with Crippen LogP contribution in [0.4, 0.5) is 17.3 Å². The van der Waals surface area contributed by atoms with Crippen LogP contribution in [0.15, 0.2) is 70.7 Å². The first-order valence-corrected chi connectivity index (χ1v) is 31.5. The fraction of sp³-hybridized carbons (Fsp3) is 0.619. The molecule has 6 atom stereocenters. The maximum Gasteiger partial charge on any atom is 0.243 e. The highest BCUT2D eigenvalue weighted by Gasteiger charge is 2.54. The lowest BCUT2D eigenvalue weighted by atomic mass is 9.59. The summed E-state index contributed by atoms with van der Waals surface area (Å²) in [4.78, 5) is 48.3. The van der Waals surface area contributed by atoms with Crippen molar-refractivity contribution in [1.29, 1.82) is 0 Å². The van der Waals surface area contributed by atoms with E-state index >= 15 is 0 Å². The van der Waals surface area contributed by atoms with Gasteiger partial charge >= 0.3 is 0 Å². The number of likely N-dealkylation sites (tertiary alicyclic amines) is 3. The zero-order chi connectivity index (χ0) is 56.4. The van der Waals surface area contributed by atoms with Crippen LogP contribution in [0.1, 0.15) is 108 Å². The van der Waals surface area contributed by atoms with Crippen molar-refractivity contribution in [3.63, 3.8) is 0 Å². The average Bonchev–Trinajstić information content (AvgIpc) is 4.08. The van der Waals surface area contributed by atoms with Gasteiger partial charge in [-0.15, -0.1) is 21.5 Å². The molecule has 2 aliphatic carbocycles. The van der Waals surface area contributed by atoms with E-state index in [4.69, 9.17) is 15.0 Å². The van der Waals surface area contributed by atoms with Crippen molar-refractivity contribution in [1.82, 2.24) is 45.3 Å². The van der Waals surface area contributed by atoms with E-state index in [9.17, 15) is 19.8 Å². The number of carbonyl (C=O) groups excluding carboxylic acids is 2. The van der Waals surface area contributed by atoms with Gasteiger partial charge in [0.2, 0.25) is 11.8 Å². The first-order valence-electron chi connectivity index (χ1n) is 30.7. The van der Waals surface area contributed by atoms with Crippen LogP contribution in [0.3, 0.4) is 0 Å². The lowest BCUT2D eigenvalue weighted by molar-refractivity contribution is -0.203. The number of nitrogens with zero attached hydrogens (tertiary/aromatic N) is 10. The van der Waals surface area contributed by atoms with Crippen molar-refractivity contribution in [2.45, 2.75) is 121 Å². The normalized spacial score (nSPS) is 26.8. The number of anilines is 3. The summed E-state index contributed by atoms with van der Waals surface area (Å²) in [5.74, 6) is 3.25. The van der Waals surface area contributed by atoms with Crippen LogP contribution in [0, 0.1) is 41.9 Å². The maximum atomic E-state index is 14.4. The number of para-hydroxylation sites is 1. The van der Waals surface area contributed by atoms with E-state index < -0.39 is 18.1 Å². The summed E-state index contributed by atoms with van der Waals surface area (Å²) in [6.45, 7) is 21.5. The molecule has 5 aromatic rings. The number of phenols is 1. The van der Waals surface area contributed by atoms with Gasteiger partial charge < -0.3 is 50.1 Å². The number of nitrogens with two attached hydrogens (primary N) is 1. The van der Waals surface area contributed by atoms with E-state index in [0.29, 0.717) is 58.0 Å². The minimum Gasteiger partial charge on any atom is -0.507 e. The molecule has 2 bridgehead atoms. The Labute approximate surface area is 486 Å².